The van der Waals surface area contributed by atoms with Crippen molar-refractivity contribution in [2.45, 2.75) is 31.4 Å². The number of nitrogens with zero attached hydrogens (tertiary/aromatic N) is 3. The van der Waals surface area contributed by atoms with Crippen molar-refractivity contribution in [1.29, 1.82) is 0 Å². The topological polar surface area (TPSA) is 59.4 Å². The molecule has 2 aliphatic heterocycles. The predicted molar refractivity (Wildman–Crippen MR) is 110 cm³/mol. The number of nitrogens with one attached hydrogen (secondary N) is 1. The Hall–Kier alpha value is -1.89. The van der Waals surface area contributed by atoms with Crippen molar-refractivity contribution in [3.8, 4) is 0 Å². The second-order valence-electron chi connectivity index (χ2n) is 8.29. The third-order valence-electron chi connectivity index (χ3n) is 5.84. The molecule has 1 aromatic carbocycles. The first-order chi connectivity index (χ1) is 13.0. The van der Waals surface area contributed by atoms with E-state index in [-0.39, 0.29) is 41.8 Å². The van der Waals surface area contributed by atoms with Crippen molar-refractivity contribution in [3.63, 3.8) is 0 Å². The fourth-order valence-electron chi connectivity index (χ4n) is 4.23. The van der Waals surface area contributed by atoms with Gasteiger partial charge in [-0.25, -0.2) is 0 Å². The molecule has 7 heteroatoms. The van der Waals surface area contributed by atoms with Gasteiger partial charge in [-0.2, -0.15) is 5.10 Å². The molecular weight excluding hydrogens is 376 g/mol. The Morgan fingerprint density at radius 1 is 1.21 bits per heavy atom. The van der Waals surface area contributed by atoms with Crippen molar-refractivity contribution >= 4 is 18.3 Å². The lowest BCUT2D eigenvalue weighted by molar-refractivity contribution is -0.159. The molecule has 1 N–H and O–H groups in total. The number of halogens is 1. The van der Waals surface area contributed by atoms with E-state index in [4.69, 9.17) is 4.74 Å². The Bertz CT molecular complexity index is 808. The molecule has 2 saturated heterocycles. The zero-order chi connectivity index (χ0) is 19.0. The molecule has 2 aliphatic rings. The summed E-state index contributed by atoms with van der Waals surface area (Å²) in [6.45, 7) is 6.83. The molecule has 0 saturated carbocycles. The summed E-state index contributed by atoms with van der Waals surface area (Å²) in [5.41, 5.74) is 1.94. The largest absolute Gasteiger partial charge is 0.369 e. The minimum atomic E-state index is -0.315. The molecule has 28 heavy (non-hydrogen) atoms. The van der Waals surface area contributed by atoms with Crippen LogP contribution in [0.4, 0.5) is 0 Å². The third-order valence-corrected chi connectivity index (χ3v) is 5.84. The SMILES string of the molecule is Cl.Cn1cc([C@H]2CNC[C@@H]2C(=O)N2CC(c3ccccc3)OCC2(C)C)cn1. The minimum absolute atomic E-state index is 0. The van der Waals surface area contributed by atoms with E-state index < -0.39 is 0 Å². The highest BCUT2D eigenvalue weighted by atomic mass is 35.5. The van der Waals surface area contributed by atoms with Crippen LogP contribution >= 0.6 is 12.4 Å². The van der Waals surface area contributed by atoms with Gasteiger partial charge in [0.2, 0.25) is 5.91 Å². The van der Waals surface area contributed by atoms with Crippen LogP contribution in [0.2, 0.25) is 0 Å². The Morgan fingerprint density at radius 3 is 2.64 bits per heavy atom. The summed E-state index contributed by atoms with van der Waals surface area (Å²) in [4.78, 5) is 15.6. The smallest absolute Gasteiger partial charge is 0.228 e. The lowest BCUT2D eigenvalue weighted by Gasteiger charge is -2.46. The van der Waals surface area contributed by atoms with Crippen molar-refractivity contribution < 1.29 is 9.53 Å². The normalized spacial score (nSPS) is 26.7. The van der Waals surface area contributed by atoms with Crippen LogP contribution in [-0.4, -0.2) is 52.4 Å². The summed E-state index contributed by atoms with van der Waals surface area (Å²) in [5.74, 6) is 0.311. The van der Waals surface area contributed by atoms with Gasteiger partial charge >= 0.3 is 0 Å². The van der Waals surface area contributed by atoms with Gasteiger partial charge in [-0.3, -0.25) is 9.48 Å². The Labute approximate surface area is 172 Å². The van der Waals surface area contributed by atoms with Crippen molar-refractivity contribution in [3.05, 3.63) is 53.9 Å². The molecule has 1 aromatic heterocycles. The third kappa shape index (κ3) is 3.95. The summed E-state index contributed by atoms with van der Waals surface area (Å²) in [5, 5.41) is 7.70. The molecule has 1 unspecified atom stereocenters. The standard InChI is InChI=1S/C21H28N4O2.ClH/c1-21(2)14-27-19(15-7-5-4-6-8-15)13-25(21)20(26)18-11-22-10-17(18)16-9-23-24(3)12-16;/h4-9,12,17-19,22H,10-11,13-14H2,1-3H3;1H/t17-,18+,19?;/m1./s1. The molecule has 3 heterocycles. The number of aryl methyl sites for hydroxylation is 1. The monoisotopic (exact) mass is 404 g/mol. The Kier molecular flexibility index (Phi) is 6.12. The first kappa shape index (κ1) is 20.8. The van der Waals surface area contributed by atoms with Crippen LogP contribution in [0.3, 0.4) is 0 Å². The van der Waals surface area contributed by atoms with Crippen LogP contribution in [-0.2, 0) is 16.6 Å². The zero-order valence-electron chi connectivity index (χ0n) is 16.7. The molecule has 4 rings (SSSR count). The van der Waals surface area contributed by atoms with Gasteiger partial charge in [0.25, 0.3) is 0 Å². The average molecular weight is 405 g/mol. The maximum absolute atomic E-state index is 13.6. The predicted octanol–water partition coefficient (Wildman–Crippen LogP) is 2.52. The zero-order valence-corrected chi connectivity index (χ0v) is 17.5. The minimum Gasteiger partial charge on any atom is -0.369 e. The first-order valence-electron chi connectivity index (χ1n) is 9.63. The summed E-state index contributed by atoms with van der Waals surface area (Å²) in [6, 6.07) is 10.2. The number of rotatable bonds is 3. The molecule has 152 valence electrons. The van der Waals surface area contributed by atoms with Crippen LogP contribution in [0.1, 0.15) is 37.0 Å². The van der Waals surface area contributed by atoms with Crippen molar-refractivity contribution in [1.82, 2.24) is 20.0 Å². The van der Waals surface area contributed by atoms with Gasteiger partial charge in [0, 0.05) is 32.3 Å². The number of aromatic nitrogens is 2. The van der Waals surface area contributed by atoms with E-state index >= 15 is 0 Å². The molecule has 0 spiro atoms. The molecule has 1 amide bonds. The van der Waals surface area contributed by atoms with E-state index in [1.807, 2.05) is 42.5 Å². The number of morpholine rings is 1. The summed E-state index contributed by atoms with van der Waals surface area (Å²) in [6.07, 6.45) is 3.83. The molecule has 0 aliphatic carbocycles. The number of hydrogen-bond acceptors (Lipinski definition) is 4. The van der Waals surface area contributed by atoms with Crippen LogP contribution in [0, 0.1) is 5.92 Å². The maximum atomic E-state index is 13.6. The van der Waals surface area contributed by atoms with Gasteiger partial charge < -0.3 is 15.0 Å². The fourth-order valence-corrected chi connectivity index (χ4v) is 4.23. The van der Waals surface area contributed by atoms with E-state index in [2.05, 4.69) is 36.4 Å². The molecular formula is C21H29ClN4O2. The van der Waals surface area contributed by atoms with Crippen LogP contribution in [0.15, 0.2) is 42.7 Å². The quantitative estimate of drug-likeness (QED) is 0.854. The highest BCUT2D eigenvalue weighted by Crippen LogP contribution is 2.35. The number of hydrogen-bond donors (Lipinski definition) is 1. The molecule has 2 fully saturated rings. The van der Waals surface area contributed by atoms with E-state index in [1.165, 1.54) is 0 Å². The lowest BCUT2D eigenvalue weighted by atomic mass is 9.87. The van der Waals surface area contributed by atoms with E-state index in [1.54, 1.807) is 4.68 Å². The van der Waals surface area contributed by atoms with Crippen LogP contribution in [0.5, 0.6) is 0 Å². The number of benzene rings is 1. The first-order valence-corrected chi connectivity index (χ1v) is 9.63. The van der Waals surface area contributed by atoms with E-state index in [0.29, 0.717) is 19.7 Å². The van der Waals surface area contributed by atoms with E-state index in [0.717, 1.165) is 17.7 Å². The number of carbonyl (C=O) groups is 1. The van der Waals surface area contributed by atoms with Crippen molar-refractivity contribution in [2.24, 2.45) is 13.0 Å². The van der Waals surface area contributed by atoms with Crippen molar-refractivity contribution in [2.75, 3.05) is 26.2 Å². The number of ether oxygens (including phenoxy) is 1. The summed E-state index contributed by atoms with van der Waals surface area (Å²) in [7, 11) is 1.91. The van der Waals surface area contributed by atoms with Gasteiger partial charge in [-0.1, -0.05) is 30.3 Å². The Balaban J connectivity index is 0.00000225. The van der Waals surface area contributed by atoms with Gasteiger partial charge in [-0.15, -0.1) is 12.4 Å². The molecule has 2 aromatic rings. The molecule has 6 nitrogen and oxygen atoms in total. The summed E-state index contributed by atoms with van der Waals surface area (Å²) < 4.78 is 7.92. The second kappa shape index (κ2) is 8.23. The van der Waals surface area contributed by atoms with Crippen LogP contribution < -0.4 is 5.32 Å². The lowest BCUT2D eigenvalue weighted by Crippen LogP contribution is -2.58. The second-order valence-corrected chi connectivity index (χ2v) is 8.29. The van der Waals surface area contributed by atoms with Crippen LogP contribution in [0.25, 0.3) is 0 Å². The van der Waals surface area contributed by atoms with Gasteiger partial charge in [0.05, 0.1) is 30.8 Å². The molecule has 3 atom stereocenters. The summed E-state index contributed by atoms with van der Waals surface area (Å²) >= 11 is 0. The highest BCUT2D eigenvalue weighted by molar-refractivity contribution is 5.85. The number of carbonyl (C=O) groups excluding carboxylic acids is 1. The fraction of sp³-hybridized carbons (Fsp3) is 0.524. The number of amides is 1. The van der Waals surface area contributed by atoms with Gasteiger partial charge in [0.15, 0.2) is 0 Å². The molecule has 0 radical (unpaired) electrons. The van der Waals surface area contributed by atoms with Gasteiger partial charge in [0.1, 0.15) is 6.10 Å². The Morgan fingerprint density at radius 2 is 1.96 bits per heavy atom. The van der Waals surface area contributed by atoms with Gasteiger partial charge in [-0.05, 0) is 25.0 Å². The van der Waals surface area contributed by atoms with E-state index in [9.17, 15) is 4.79 Å². The molecule has 0 bridgehead atoms. The maximum Gasteiger partial charge on any atom is 0.228 e. The highest BCUT2D eigenvalue weighted by Gasteiger charge is 2.44. The average Bonchev–Trinajstić information content (AvgIpc) is 3.30.